The molecule has 0 bridgehead atoms. The van der Waals surface area contributed by atoms with Crippen LogP contribution in [-0.4, -0.2) is 5.11 Å². The summed E-state index contributed by atoms with van der Waals surface area (Å²) in [4.78, 5) is 0. The first-order valence-corrected chi connectivity index (χ1v) is 6.27. The van der Waals surface area contributed by atoms with E-state index in [1.54, 1.807) is 19.1 Å². The van der Waals surface area contributed by atoms with Crippen molar-refractivity contribution in [1.82, 2.24) is 0 Å². The molecule has 2 rings (SSSR count). The number of rotatable bonds is 3. The van der Waals surface area contributed by atoms with Crippen molar-refractivity contribution in [2.75, 3.05) is 0 Å². The van der Waals surface area contributed by atoms with E-state index in [2.05, 4.69) is 15.9 Å². The van der Waals surface area contributed by atoms with E-state index in [0.29, 0.717) is 21.5 Å². The maximum Gasteiger partial charge on any atom is 0.141 e. The zero-order chi connectivity index (χ0) is 13.1. The standard InChI is InChI=1S/C14H12BrFO2/c1-9(17)11-4-2-3-5-13(11)18-14-7-6-10(16)8-12(14)15/h2-9,17H,1H3. The van der Waals surface area contributed by atoms with Gasteiger partial charge in [-0.3, -0.25) is 0 Å². The van der Waals surface area contributed by atoms with Gasteiger partial charge in [0.25, 0.3) is 0 Å². The Labute approximate surface area is 113 Å². The summed E-state index contributed by atoms with van der Waals surface area (Å²) in [6, 6.07) is 11.4. The molecule has 94 valence electrons. The Morgan fingerprint density at radius 1 is 1.17 bits per heavy atom. The number of hydrogen-bond acceptors (Lipinski definition) is 2. The summed E-state index contributed by atoms with van der Waals surface area (Å²) in [7, 11) is 0. The predicted molar refractivity (Wildman–Crippen MR) is 71.2 cm³/mol. The molecule has 2 nitrogen and oxygen atoms in total. The van der Waals surface area contributed by atoms with E-state index in [1.807, 2.05) is 12.1 Å². The molecule has 1 N–H and O–H groups in total. The Hall–Kier alpha value is -1.39. The molecule has 0 amide bonds. The summed E-state index contributed by atoms with van der Waals surface area (Å²) in [5, 5.41) is 9.64. The molecule has 1 unspecified atom stereocenters. The highest BCUT2D eigenvalue weighted by atomic mass is 79.9. The molecule has 2 aromatic rings. The normalized spacial score (nSPS) is 12.2. The third-order valence-corrected chi connectivity index (χ3v) is 3.10. The number of ether oxygens (including phenoxy) is 1. The van der Waals surface area contributed by atoms with E-state index in [-0.39, 0.29) is 5.82 Å². The van der Waals surface area contributed by atoms with Crippen molar-refractivity contribution in [1.29, 1.82) is 0 Å². The maximum absolute atomic E-state index is 13.0. The minimum Gasteiger partial charge on any atom is -0.456 e. The van der Waals surface area contributed by atoms with E-state index in [4.69, 9.17) is 4.74 Å². The van der Waals surface area contributed by atoms with Crippen LogP contribution in [0.1, 0.15) is 18.6 Å². The third kappa shape index (κ3) is 2.89. The van der Waals surface area contributed by atoms with Crippen LogP contribution in [0.15, 0.2) is 46.9 Å². The lowest BCUT2D eigenvalue weighted by molar-refractivity contribution is 0.195. The van der Waals surface area contributed by atoms with Gasteiger partial charge in [-0.25, -0.2) is 4.39 Å². The lowest BCUT2D eigenvalue weighted by Gasteiger charge is -2.13. The Morgan fingerprint density at radius 2 is 1.89 bits per heavy atom. The maximum atomic E-state index is 13.0. The Balaban J connectivity index is 2.34. The number of halogens is 2. The molecule has 0 heterocycles. The van der Waals surface area contributed by atoms with Crippen LogP contribution in [0.4, 0.5) is 4.39 Å². The van der Waals surface area contributed by atoms with Gasteiger partial charge < -0.3 is 9.84 Å². The van der Waals surface area contributed by atoms with Crippen LogP contribution in [-0.2, 0) is 0 Å². The van der Waals surface area contributed by atoms with Gasteiger partial charge >= 0.3 is 0 Å². The molecule has 0 aliphatic heterocycles. The summed E-state index contributed by atoms with van der Waals surface area (Å²) in [6.07, 6.45) is -0.625. The monoisotopic (exact) mass is 310 g/mol. The van der Waals surface area contributed by atoms with Crippen LogP contribution < -0.4 is 4.74 Å². The van der Waals surface area contributed by atoms with E-state index in [0.717, 1.165) is 0 Å². The highest BCUT2D eigenvalue weighted by molar-refractivity contribution is 9.10. The number of para-hydroxylation sites is 1. The molecule has 0 saturated carbocycles. The van der Waals surface area contributed by atoms with Gasteiger partial charge in [0.2, 0.25) is 0 Å². The molecule has 0 saturated heterocycles. The minimum absolute atomic E-state index is 0.335. The van der Waals surface area contributed by atoms with Crippen molar-refractivity contribution in [3.8, 4) is 11.5 Å². The third-order valence-electron chi connectivity index (χ3n) is 2.48. The molecule has 0 spiro atoms. The molecule has 0 aromatic heterocycles. The van der Waals surface area contributed by atoms with Gasteiger partial charge in [-0.15, -0.1) is 0 Å². The van der Waals surface area contributed by atoms with Gasteiger partial charge in [0, 0.05) is 5.56 Å². The molecule has 18 heavy (non-hydrogen) atoms. The van der Waals surface area contributed by atoms with Gasteiger partial charge in [-0.1, -0.05) is 18.2 Å². The number of benzene rings is 2. The van der Waals surface area contributed by atoms with Gasteiger partial charge in [0.15, 0.2) is 0 Å². The van der Waals surface area contributed by atoms with E-state index < -0.39 is 6.10 Å². The second kappa shape index (κ2) is 5.50. The molecule has 0 aliphatic carbocycles. The van der Waals surface area contributed by atoms with Crippen molar-refractivity contribution in [3.63, 3.8) is 0 Å². The van der Waals surface area contributed by atoms with Gasteiger partial charge in [0.05, 0.1) is 10.6 Å². The lowest BCUT2D eigenvalue weighted by atomic mass is 10.1. The lowest BCUT2D eigenvalue weighted by Crippen LogP contribution is -1.96. The fourth-order valence-corrected chi connectivity index (χ4v) is 2.03. The molecular formula is C14H12BrFO2. The van der Waals surface area contributed by atoms with Gasteiger partial charge in [-0.05, 0) is 47.1 Å². The number of aliphatic hydroxyl groups excluding tert-OH is 1. The molecular weight excluding hydrogens is 299 g/mol. The quantitative estimate of drug-likeness (QED) is 0.908. The van der Waals surface area contributed by atoms with Crippen LogP contribution in [0, 0.1) is 5.82 Å². The van der Waals surface area contributed by atoms with Crippen molar-refractivity contribution in [3.05, 3.63) is 58.3 Å². The first-order valence-electron chi connectivity index (χ1n) is 5.48. The van der Waals surface area contributed by atoms with E-state index >= 15 is 0 Å². The first-order chi connectivity index (χ1) is 8.58. The SMILES string of the molecule is CC(O)c1ccccc1Oc1ccc(F)cc1Br. The van der Waals surface area contributed by atoms with Gasteiger partial charge in [-0.2, -0.15) is 0 Å². The van der Waals surface area contributed by atoms with Crippen LogP contribution in [0.3, 0.4) is 0 Å². The first kappa shape index (κ1) is 13.1. The largest absolute Gasteiger partial charge is 0.456 e. The molecule has 1 atom stereocenters. The minimum atomic E-state index is -0.625. The molecule has 0 radical (unpaired) electrons. The highest BCUT2D eigenvalue weighted by Crippen LogP contribution is 2.33. The predicted octanol–water partition coefficient (Wildman–Crippen LogP) is 4.43. The van der Waals surface area contributed by atoms with E-state index in [9.17, 15) is 9.50 Å². The fourth-order valence-electron chi connectivity index (χ4n) is 1.60. The number of hydrogen-bond donors (Lipinski definition) is 1. The Kier molecular flexibility index (Phi) is 3.99. The summed E-state index contributed by atoms with van der Waals surface area (Å²) in [6.45, 7) is 1.67. The van der Waals surface area contributed by atoms with Crippen molar-refractivity contribution in [2.45, 2.75) is 13.0 Å². The summed E-state index contributed by atoms with van der Waals surface area (Å²) in [5.41, 5.74) is 0.689. The van der Waals surface area contributed by atoms with Gasteiger partial charge in [0.1, 0.15) is 17.3 Å². The van der Waals surface area contributed by atoms with Crippen LogP contribution in [0.2, 0.25) is 0 Å². The van der Waals surface area contributed by atoms with E-state index in [1.165, 1.54) is 18.2 Å². The topological polar surface area (TPSA) is 29.5 Å². The smallest absolute Gasteiger partial charge is 0.141 e. The molecule has 0 fully saturated rings. The number of aliphatic hydroxyl groups is 1. The average Bonchev–Trinajstić information content (AvgIpc) is 2.33. The molecule has 0 aliphatic rings. The molecule has 4 heteroatoms. The zero-order valence-corrected chi connectivity index (χ0v) is 11.3. The van der Waals surface area contributed by atoms with Crippen molar-refractivity contribution < 1.29 is 14.2 Å². The molecule has 2 aromatic carbocycles. The van der Waals surface area contributed by atoms with Crippen LogP contribution in [0.25, 0.3) is 0 Å². The zero-order valence-electron chi connectivity index (χ0n) is 9.73. The fraction of sp³-hybridized carbons (Fsp3) is 0.143. The summed E-state index contributed by atoms with van der Waals surface area (Å²) < 4.78 is 19.2. The Morgan fingerprint density at radius 3 is 2.56 bits per heavy atom. The summed E-state index contributed by atoms with van der Waals surface area (Å²) in [5.74, 6) is 0.724. The van der Waals surface area contributed by atoms with Crippen LogP contribution in [0.5, 0.6) is 11.5 Å². The van der Waals surface area contributed by atoms with Crippen molar-refractivity contribution in [2.24, 2.45) is 0 Å². The second-order valence-electron chi connectivity index (χ2n) is 3.89. The average molecular weight is 311 g/mol. The highest BCUT2D eigenvalue weighted by Gasteiger charge is 2.11. The van der Waals surface area contributed by atoms with Crippen molar-refractivity contribution >= 4 is 15.9 Å². The second-order valence-corrected chi connectivity index (χ2v) is 4.74. The van der Waals surface area contributed by atoms with Crippen LogP contribution >= 0.6 is 15.9 Å². The summed E-state index contributed by atoms with van der Waals surface area (Å²) >= 11 is 3.24. The Bertz CT molecular complexity index is 555.